The summed E-state index contributed by atoms with van der Waals surface area (Å²) < 4.78 is 7.71. The topological polar surface area (TPSA) is 22.2 Å². The number of anilines is 12. The van der Waals surface area contributed by atoms with Gasteiger partial charge in [0.1, 0.15) is 11.5 Å². The number of fused-ring (bicyclic) bond motifs is 17. The van der Waals surface area contributed by atoms with E-state index in [2.05, 4.69) is 338 Å². The fourth-order valence-electron chi connectivity index (χ4n) is 16.2. The van der Waals surface area contributed by atoms with Crippen molar-refractivity contribution in [2.75, 3.05) is 19.6 Å². The summed E-state index contributed by atoms with van der Waals surface area (Å²) in [5.41, 5.74) is 29.2. The molecule has 6 aliphatic rings. The van der Waals surface area contributed by atoms with Crippen molar-refractivity contribution in [3.63, 3.8) is 0 Å². The van der Waals surface area contributed by atoms with Crippen LogP contribution in [0.15, 0.2) is 307 Å². The second kappa shape index (κ2) is 19.7. The SMILES string of the molecule is CC(C)(C)c1cc2c3c(c1)N(c1ccccc1)c1cc4c(cc1B3c1ccccc1N2c1ccccc1)C1(c2cc3c(cc2S4)Oc2cc(N(c4ccccc4)c4ccccc4)cc4c2B3c2ccccc2N4c2ccccc2)c2ccccc2-c2ccccc21. The molecule has 5 heterocycles. The minimum absolute atomic E-state index is 0.0893. The summed E-state index contributed by atoms with van der Waals surface area (Å²) in [5, 5.41) is 0. The number of nitrogens with zero attached hydrogens (tertiary/aromatic N) is 4. The van der Waals surface area contributed by atoms with Crippen molar-refractivity contribution in [1.82, 2.24) is 0 Å². The van der Waals surface area contributed by atoms with Gasteiger partial charge < -0.3 is 24.3 Å². The highest BCUT2D eigenvalue weighted by Crippen LogP contribution is 2.64. The van der Waals surface area contributed by atoms with Crippen molar-refractivity contribution in [2.24, 2.45) is 0 Å². The van der Waals surface area contributed by atoms with E-state index < -0.39 is 5.41 Å². The number of rotatable bonds is 6. The van der Waals surface area contributed by atoms with Crippen LogP contribution in [0.4, 0.5) is 68.2 Å². The van der Waals surface area contributed by atoms with Crippen LogP contribution in [0, 0.1) is 0 Å². The summed E-state index contributed by atoms with van der Waals surface area (Å²) >= 11 is 1.90. The summed E-state index contributed by atoms with van der Waals surface area (Å²) in [6.45, 7) is 6.80. The van der Waals surface area contributed by atoms with Crippen molar-refractivity contribution < 1.29 is 4.74 Å². The monoisotopic (exact) mass is 1180 g/mol. The third-order valence-electron chi connectivity index (χ3n) is 20.0. The Balaban J connectivity index is 0.890. The van der Waals surface area contributed by atoms with Gasteiger partial charge in [-0.2, -0.15) is 0 Å². The Kier molecular flexibility index (Phi) is 11.3. The van der Waals surface area contributed by atoms with E-state index >= 15 is 0 Å². The molecule has 428 valence electrons. The maximum absolute atomic E-state index is 7.71. The fraction of sp³-hybridized carbons (Fsp3) is 0.0602. The molecule has 5 aliphatic heterocycles. The lowest BCUT2D eigenvalue weighted by Gasteiger charge is -2.47. The molecule has 0 aromatic heterocycles. The van der Waals surface area contributed by atoms with Gasteiger partial charge in [0.05, 0.1) is 11.1 Å². The van der Waals surface area contributed by atoms with Gasteiger partial charge in [0.2, 0.25) is 0 Å². The van der Waals surface area contributed by atoms with Gasteiger partial charge in [0.25, 0.3) is 13.4 Å². The average Bonchev–Trinajstić information content (AvgIpc) is 1.65. The van der Waals surface area contributed by atoms with Crippen LogP contribution < -0.4 is 57.1 Å². The molecule has 0 fully saturated rings. The fourth-order valence-corrected chi connectivity index (χ4v) is 17.5. The molecule has 0 radical (unpaired) electrons. The van der Waals surface area contributed by atoms with Crippen molar-refractivity contribution in [3.8, 4) is 22.6 Å². The molecule has 0 N–H and O–H groups in total. The second-order valence-electron chi connectivity index (χ2n) is 25.9. The van der Waals surface area contributed by atoms with Crippen LogP contribution in [0.5, 0.6) is 11.5 Å². The zero-order valence-corrected chi connectivity index (χ0v) is 51.4. The number of para-hydroxylation sites is 7. The van der Waals surface area contributed by atoms with Crippen molar-refractivity contribution in [1.29, 1.82) is 0 Å². The van der Waals surface area contributed by atoms with E-state index in [-0.39, 0.29) is 18.8 Å². The van der Waals surface area contributed by atoms with E-state index in [1.165, 1.54) is 93.3 Å². The molecule has 91 heavy (non-hydrogen) atoms. The number of hydrogen-bond donors (Lipinski definition) is 0. The first-order valence-corrected chi connectivity index (χ1v) is 32.5. The summed E-state index contributed by atoms with van der Waals surface area (Å²) in [4.78, 5) is 12.4. The van der Waals surface area contributed by atoms with Crippen molar-refractivity contribution in [2.45, 2.75) is 41.4 Å². The van der Waals surface area contributed by atoms with E-state index in [9.17, 15) is 0 Å². The molecule has 19 rings (SSSR count). The molecular formula is C83H58B2N4OS. The van der Waals surface area contributed by atoms with Crippen LogP contribution in [-0.4, -0.2) is 13.4 Å². The minimum Gasteiger partial charge on any atom is -0.458 e. The standard InChI is InChI=1S/C83H58B2N4OS/c1-82(2,3)53-45-73-80-74(46-53)89(58-35-17-8-18-36-58)72-51-78-64(49-68(72)84(80)66-41-23-25-43-70(66)87(73)56-31-13-6-14-32-56)83(62-39-21-19-37-60(62)61-38-20-22-40-63(61)83)65-50-69-76(52-79(65)91-78)90-77-48-59(86(54-27-9-4-10-28-54)55-29-11-5-12-30-55)47-75-81(77)85(69)67-42-24-26-44-71(67)88(75)57-33-15-7-16-34-57/h4-52H,1-3H3. The lowest BCUT2D eigenvalue weighted by atomic mass is 9.33. The summed E-state index contributed by atoms with van der Waals surface area (Å²) in [7, 11) is 0. The maximum atomic E-state index is 7.71. The van der Waals surface area contributed by atoms with Gasteiger partial charge in [-0.1, -0.05) is 221 Å². The van der Waals surface area contributed by atoms with Crippen molar-refractivity contribution in [3.05, 3.63) is 325 Å². The number of benzene rings is 13. The molecule has 8 heteroatoms. The van der Waals surface area contributed by atoms with Crippen LogP contribution in [0.3, 0.4) is 0 Å². The quantitative estimate of drug-likeness (QED) is 0.154. The van der Waals surface area contributed by atoms with Gasteiger partial charge in [-0.15, -0.1) is 0 Å². The highest BCUT2D eigenvalue weighted by molar-refractivity contribution is 7.99. The molecule has 0 amide bonds. The van der Waals surface area contributed by atoms with Gasteiger partial charge in [-0.3, -0.25) is 0 Å². The van der Waals surface area contributed by atoms with E-state index in [0.29, 0.717) is 0 Å². The zero-order chi connectivity index (χ0) is 60.3. The first-order chi connectivity index (χ1) is 44.8. The molecule has 0 unspecified atom stereocenters. The molecular weight excluding hydrogens is 1120 g/mol. The first kappa shape index (κ1) is 52.3. The Hall–Kier alpha value is -10.7. The lowest BCUT2D eigenvalue weighted by molar-refractivity contribution is 0.485. The Bertz CT molecular complexity index is 5070. The molecule has 0 saturated heterocycles. The average molecular weight is 1180 g/mol. The highest BCUT2D eigenvalue weighted by Gasteiger charge is 2.54. The summed E-state index contributed by atoms with van der Waals surface area (Å²) in [6.07, 6.45) is 0. The number of ether oxygens (including phenoxy) is 1. The Morgan fingerprint density at radius 2 is 0.769 bits per heavy atom. The van der Waals surface area contributed by atoms with Crippen LogP contribution in [0.2, 0.25) is 0 Å². The van der Waals surface area contributed by atoms with Crippen LogP contribution in [0.25, 0.3) is 11.1 Å². The van der Waals surface area contributed by atoms with Crippen LogP contribution in [0.1, 0.15) is 48.6 Å². The summed E-state index contributed by atoms with van der Waals surface area (Å²) in [6, 6.07) is 111. The van der Waals surface area contributed by atoms with Gasteiger partial charge in [0.15, 0.2) is 0 Å². The second-order valence-corrected chi connectivity index (χ2v) is 27.0. The van der Waals surface area contributed by atoms with Gasteiger partial charge >= 0.3 is 0 Å². The normalized spacial score (nSPS) is 14.3. The molecule has 1 spiro atoms. The van der Waals surface area contributed by atoms with Crippen molar-refractivity contribution >= 4 is 126 Å². The largest absolute Gasteiger partial charge is 0.458 e. The third-order valence-corrected chi connectivity index (χ3v) is 21.1. The zero-order valence-electron chi connectivity index (χ0n) is 50.6. The molecule has 13 aromatic carbocycles. The molecule has 1 aliphatic carbocycles. The van der Waals surface area contributed by atoms with Gasteiger partial charge in [-0.25, -0.2) is 0 Å². The molecule has 0 bridgehead atoms. The van der Waals surface area contributed by atoms with E-state index in [1.54, 1.807) is 0 Å². The van der Waals surface area contributed by atoms with E-state index in [4.69, 9.17) is 4.74 Å². The molecule has 5 nitrogen and oxygen atoms in total. The molecule has 0 saturated carbocycles. The smallest absolute Gasteiger partial charge is 0.256 e. The predicted octanol–water partition coefficient (Wildman–Crippen LogP) is 17.8. The third kappa shape index (κ3) is 7.51. The highest BCUT2D eigenvalue weighted by atomic mass is 32.2. The Morgan fingerprint density at radius 1 is 0.341 bits per heavy atom. The molecule has 13 aromatic rings. The maximum Gasteiger partial charge on any atom is 0.256 e. The van der Waals surface area contributed by atoms with Gasteiger partial charge in [0, 0.05) is 78.4 Å². The summed E-state index contributed by atoms with van der Waals surface area (Å²) in [5.74, 6) is 1.73. The Labute approximate surface area is 536 Å². The van der Waals surface area contributed by atoms with Crippen LogP contribution >= 0.6 is 11.8 Å². The first-order valence-electron chi connectivity index (χ1n) is 31.7. The van der Waals surface area contributed by atoms with Gasteiger partial charge in [-0.05, 0) is 180 Å². The van der Waals surface area contributed by atoms with E-state index in [1.807, 2.05) is 11.8 Å². The number of hydrogen-bond acceptors (Lipinski definition) is 6. The minimum atomic E-state index is -0.725. The van der Waals surface area contributed by atoms with E-state index in [0.717, 1.165) is 67.9 Å². The van der Waals surface area contributed by atoms with Crippen LogP contribution in [-0.2, 0) is 10.8 Å². The predicted molar refractivity (Wildman–Crippen MR) is 381 cm³/mol. The molecule has 0 atom stereocenters. The Morgan fingerprint density at radius 3 is 1.30 bits per heavy atom. The lowest BCUT2D eigenvalue weighted by Crippen LogP contribution is -2.61.